The molecule has 5 heteroatoms. The molecule has 2 N–H and O–H groups in total. The van der Waals surface area contributed by atoms with E-state index < -0.39 is 0 Å². The van der Waals surface area contributed by atoms with E-state index in [4.69, 9.17) is 4.74 Å². The molecule has 1 amide bonds. The fourth-order valence-electron chi connectivity index (χ4n) is 4.29. The molecule has 5 nitrogen and oxygen atoms in total. The van der Waals surface area contributed by atoms with Crippen LogP contribution in [-0.2, 0) is 11.3 Å². The van der Waals surface area contributed by atoms with Gasteiger partial charge in [0.2, 0.25) is 0 Å². The molecule has 1 atom stereocenters. The predicted molar refractivity (Wildman–Crippen MR) is 121 cm³/mol. The van der Waals surface area contributed by atoms with E-state index in [0.717, 1.165) is 41.7 Å². The topological polar surface area (TPSA) is 53.6 Å². The number of benzene rings is 2. The molecule has 0 saturated carbocycles. The Morgan fingerprint density at radius 3 is 2.87 bits per heavy atom. The molecular weight excluding hydrogens is 374 g/mol. The highest BCUT2D eigenvalue weighted by Crippen LogP contribution is 2.24. The van der Waals surface area contributed by atoms with Crippen molar-refractivity contribution in [2.24, 2.45) is 0 Å². The van der Waals surface area contributed by atoms with Gasteiger partial charge >= 0.3 is 0 Å². The molecule has 0 bridgehead atoms. The van der Waals surface area contributed by atoms with Crippen molar-refractivity contribution in [1.29, 1.82) is 0 Å². The van der Waals surface area contributed by atoms with E-state index in [9.17, 15) is 4.79 Å². The first-order chi connectivity index (χ1) is 14.7. The van der Waals surface area contributed by atoms with Crippen molar-refractivity contribution < 1.29 is 9.53 Å². The highest BCUT2D eigenvalue weighted by molar-refractivity contribution is 6.08. The largest absolute Gasteiger partial charge is 0.377 e. The van der Waals surface area contributed by atoms with Gasteiger partial charge in [0.1, 0.15) is 0 Å². The van der Waals surface area contributed by atoms with Crippen LogP contribution in [0.4, 0.5) is 0 Å². The summed E-state index contributed by atoms with van der Waals surface area (Å²) in [6.07, 6.45) is 9.91. The van der Waals surface area contributed by atoms with Crippen molar-refractivity contribution >= 4 is 16.7 Å². The number of nitrogens with one attached hydrogen (secondary N) is 2. The summed E-state index contributed by atoms with van der Waals surface area (Å²) in [5.74, 6) is -0.0635. The molecule has 0 aliphatic carbocycles. The molecule has 2 aromatic carbocycles. The number of fused-ring (bicyclic) bond motifs is 1. The Morgan fingerprint density at radius 1 is 1.20 bits per heavy atom. The summed E-state index contributed by atoms with van der Waals surface area (Å²) >= 11 is 0. The number of nitrogens with zero attached hydrogens (tertiary/aromatic N) is 1. The van der Waals surface area contributed by atoms with E-state index in [2.05, 4.69) is 27.8 Å². The quantitative estimate of drug-likeness (QED) is 0.732. The van der Waals surface area contributed by atoms with Gasteiger partial charge in [-0.25, -0.2) is 0 Å². The molecule has 1 unspecified atom stereocenters. The Labute approximate surface area is 178 Å². The molecule has 2 aliphatic heterocycles. The number of amides is 1. The standard InChI is InChI=1S/C25H31N3O2/c1-2-30-18-19-12-13-24(23-11-4-3-10-22(19)23)25(29)27-21-9-7-15-28(17-21)16-20-8-5-6-14-26-20/h3-4,7,9-13,15,20,26H,2,5-6,8,14,16-18H2,1H3,(H,27,29). The number of rotatable bonds is 7. The zero-order chi connectivity index (χ0) is 20.8. The first-order valence-corrected chi connectivity index (χ1v) is 11.0. The van der Waals surface area contributed by atoms with Gasteiger partial charge in [0, 0.05) is 30.5 Å². The molecule has 158 valence electrons. The van der Waals surface area contributed by atoms with E-state index in [1.807, 2.05) is 49.4 Å². The SMILES string of the molecule is CCOCc1ccc(C(=O)NC2=CC=CN(CC3CCCCN3)C2)c2ccccc12. The molecule has 4 rings (SSSR count). The van der Waals surface area contributed by atoms with E-state index >= 15 is 0 Å². The molecule has 0 spiro atoms. The average molecular weight is 406 g/mol. The zero-order valence-corrected chi connectivity index (χ0v) is 17.7. The van der Waals surface area contributed by atoms with E-state index in [0.29, 0.717) is 24.8 Å². The summed E-state index contributed by atoms with van der Waals surface area (Å²) in [5.41, 5.74) is 2.73. The van der Waals surface area contributed by atoms with E-state index in [1.165, 1.54) is 19.3 Å². The third-order valence-corrected chi connectivity index (χ3v) is 5.83. The minimum Gasteiger partial charge on any atom is -0.377 e. The summed E-state index contributed by atoms with van der Waals surface area (Å²) in [5, 5.41) is 8.76. The Hall–Kier alpha value is -2.63. The Bertz CT molecular complexity index is 945. The minimum absolute atomic E-state index is 0.0635. The lowest BCUT2D eigenvalue weighted by Gasteiger charge is -2.31. The van der Waals surface area contributed by atoms with Gasteiger partial charge < -0.3 is 20.3 Å². The van der Waals surface area contributed by atoms with E-state index in [-0.39, 0.29) is 5.91 Å². The second-order valence-corrected chi connectivity index (χ2v) is 8.02. The lowest BCUT2D eigenvalue weighted by Crippen LogP contribution is -2.44. The van der Waals surface area contributed by atoms with Crippen LogP contribution in [0.15, 0.2) is 60.4 Å². The van der Waals surface area contributed by atoms with Crippen LogP contribution in [0.25, 0.3) is 10.8 Å². The molecular formula is C25H31N3O2. The van der Waals surface area contributed by atoms with Crippen molar-refractivity contribution in [2.45, 2.75) is 38.8 Å². The highest BCUT2D eigenvalue weighted by atomic mass is 16.5. The Balaban J connectivity index is 1.45. The lowest BCUT2D eigenvalue weighted by atomic mass is 9.99. The number of carbonyl (C=O) groups excluding carboxylic acids is 1. The number of hydrogen-bond donors (Lipinski definition) is 2. The molecule has 0 radical (unpaired) electrons. The number of hydrogen-bond acceptors (Lipinski definition) is 4. The van der Waals surface area contributed by atoms with Gasteiger partial charge in [-0.2, -0.15) is 0 Å². The first kappa shape index (κ1) is 20.6. The van der Waals surface area contributed by atoms with Crippen molar-refractivity contribution in [2.75, 3.05) is 26.2 Å². The third-order valence-electron chi connectivity index (χ3n) is 5.83. The number of piperidine rings is 1. The monoisotopic (exact) mass is 405 g/mol. The van der Waals surface area contributed by atoms with Crippen LogP contribution in [0, 0.1) is 0 Å². The van der Waals surface area contributed by atoms with Gasteiger partial charge in [-0.05, 0) is 67.1 Å². The summed E-state index contributed by atoms with van der Waals surface area (Å²) in [4.78, 5) is 15.4. The predicted octanol–water partition coefficient (Wildman–Crippen LogP) is 3.96. The van der Waals surface area contributed by atoms with E-state index in [1.54, 1.807) is 0 Å². The second kappa shape index (κ2) is 9.92. The van der Waals surface area contributed by atoms with Gasteiger partial charge in [-0.15, -0.1) is 0 Å². The number of carbonyl (C=O) groups is 1. The maximum absolute atomic E-state index is 13.1. The molecule has 2 aliphatic rings. The third kappa shape index (κ3) is 4.91. The van der Waals surface area contributed by atoms with Gasteiger partial charge in [0.05, 0.1) is 13.2 Å². The molecule has 1 saturated heterocycles. The maximum atomic E-state index is 13.1. The van der Waals surface area contributed by atoms with Gasteiger partial charge in [-0.3, -0.25) is 4.79 Å². The molecule has 2 aromatic rings. The van der Waals surface area contributed by atoms with Crippen molar-refractivity contribution in [3.63, 3.8) is 0 Å². The van der Waals surface area contributed by atoms with Crippen molar-refractivity contribution in [1.82, 2.24) is 15.5 Å². The lowest BCUT2D eigenvalue weighted by molar-refractivity contribution is 0.0964. The van der Waals surface area contributed by atoms with Crippen LogP contribution >= 0.6 is 0 Å². The van der Waals surface area contributed by atoms with Gasteiger partial charge in [-0.1, -0.05) is 36.8 Å². The fraction of sp³-hybridized carbons (Fsp3) is 0.400. The molecule has 30 heavy (non-hydrogen) atoms. The van der Waals surface area contributed by atoms with Crippen LogP contribution < -0.4 is 10.6 Å². The average Bonchev–Trinajstić information content (AvgIpc) is 2.78. The first-order valence-electron chi connectivity index (χ1n) is 11.0. The smallest absolute Gasteiger partial charge is 0.256 e. The maximum Gasteiger partial charge on any atom is 0.256 e. The fourth-order valence-corrected chi connectivity index (χ4v) is 4.29. The van der Waals surface area contributed by atoms with Crippen molar-refractivity contribution in [3.8, 4) is 0 Å². The summed E-state index contributed by atoms with van der Waals surface area (Å²) in [6, 6.07) is 12.5. The molecule has 1 fully saturated rings. The zero-order valence-electron chi connectivity index (χ0n) is 17.7. The summed E-state index contributed by atoms with van der Waals surface area (Å²) in [6.45, 7) is 6.02. The second-order valence-electron chi connectivity index (χ2n) is 8.02. The number of ether oxygens (including phenoxy) is 1. The minimum atomic E-state index is -0.0635. The van der Waals surface area contributed by atoms with Crippen LogP contribution in [0.2, 0.25) is 0 Å². The summed E-state index contributed by atoms with van der Waals surface area (Å²) < 4.78 is 5.60. The van der Waals surface area contributed by atoms with Gasteiger partial charge in [0.15, 0.2) is 0 Å². The molecule has 0 aromatic heterocycles. The van der Waals surface area contributed by atoms with Gasteiger partial charge in [0.25, 0.3) is 5.91 Å². The van der Waals surface area contributed by atoms with Crippen LogP contribution in [0.5, 0.6) is 0 Å². The summed E-state index contributed by atoms with van der Waals surface area (Å²) in [7, 11) is 0. The number of allylic oxidation sites excluding steroid dienone is 2. The molecule has 2 heterocycles. The Kier molecular flexibility index (Phi) is 6.82. The highest BCUT2D eigenvalue weighted by Gasteiger charge is 2.19. The Morgan fingerprint density at radius 2 is 2.07 bits per heavy atom. The van der Waals surface area contributed by atoms with Crippen LogP contribution in [-0.4, -0.2) is 43.1 Å². The van der Waals surface area contributed by atoms with Crippen molar-refractivity contribution in [3.05, 3.63) is 71.6 Å². The van der Waals surface area contributed by atoms with Crippen LogP contribution in [0.1, 0.15) is 42.1 Å². The normalized spacial score (nSPS) is 19.0. The van der Waals surface area contributed by atoms with Crippen LogP contribution in [0.3, 0.4) is 0 Å².